The quantitative estimate of drug-likeness (QED) is 0.105. The summed E-state index contributed by atoms with van der Waals surface area (Å²) in [7, 11) is 0. The average molecular weight is 1290 g/mol. The molecule has 4 aliphatic rings. The van der Waals surface area contributed by atoms with E-state index in [1.54, 1.807) is 12.4 Å². The summed E-state index contributed by atoms with van der Waals surface area (Å²) in [5.41, 5.74) is 11.3. The largest absolute Gasteiger partial charge is 1.00 e. The Morgan fingerprint density at radius 2 is 1.02 bits per heavy atom. The number of aliphatic carboxylic acids is 2. The van der Waals surface area contributed by atoms with Crippen LogP contribution in [0.15, 0.2) is 152 Å². The molecule has 476 valence electrons. The Bertz CT molecular complexity index is 3550. The number of piperidine rings is 2. The van der Waals surface area contributed by atoms with Crippen molar-refractivity contribution in [2.24, 2.45) is 0 Å². The molecule has 0 radical (unpaired) electrons. The molecule has 11 rings (SSSR count). The van der Waals surface area contributed by atoms with Gasteiger partial charge in [0.2, 0.25) is 6.10 Å². The number of likely N-dealkylation sites (tertiary alicyclic amines) is 2. The molecule has 6 aromatic carbocycles. The van der Waals surface area contributed by atoms with Gasteiger partial charge in [0.05, 0.1) is 12.1 Å². The van der Waals surface area contributed by atoms with Crippen LogP contribution in [-0.2, 0) is 53.2 Å². The van der Waals surface area contributed by atoms with E-state index >= 15 is 0 Å². The van der Waals surface area contributed by atoms with Crippen LogP contribution >= 0.6 is 0 Å². The summed E-state index contributed by atoms with van der Waals surface area (Å²) in [6.45, 7) is 12.0. The first-order valence-electron chi connectivity index (χ1n) is 30.2. The molecule has 0 unspecified atom stereocenters. The van der Waals surface area contributed by atoms with Gasteiger partial charge in [-0.2, -0.15) is 0 Å². The standard InChI is InChI=1S/C33H37N3O6.C18H21N5O2.C18H20O4.CH4.K.Na.H/c1-22-18-25(19-23(2)30(22)41-21-24-8-4-3-5-9-24)20-29(31(37)38)42-33(40)35-15-13-27(14-16-35)36-17-12-26-10-6-7-11-28(26)34-32(36)39;24-17-20-16-4-2-1-3-14(16)5-11-23(17)15-6-9-21(10-7-15)18(25)22-12-8-19-13-22;1-12-8-15(10-16(19)18(20)21)9-13(2)17(12)22-11-14-6-4-3-5-7-14;;;;/h3-11,18-19,27,29H,12-17,20-21H2,1-2H3,(H,34,39)(H,37,38);1-4,8,12-13,15H,5-7,9-11H2,(H,20,24);3-9,16,19H,10-11H2,1-2H3,(H,20,21);1H4;;;/q;;;;2*+1;-1/p-1/t29-;;16-;;;;/m1.1..../s1. The third-order valence-corrected chi connectivity index (χ3v) is 16.5. The van der Waals surface area contributed by atoms with E-state index in [1.807, 2.05) is 170 Å². The zero-order chi connectivity index (χ0) is 63.0. The van der Waals surface area contributed by atoms with E-state index in [-0.39, 0.29) is 133 Å². The normalized spacial score (nSPS) is 15.3. The number of aryl methyl sites for hydroxylation is 4. The smallest absolute Gasteiger partial charge is 1.00 e. The molecule has 2 fully saturated rings. The topological polar surface area (TPSA) is 248 Å². The number of hydrogen-bond donors (Lipinski definition) is 4. The van der Waals surface area contributed by atoms with Crippen molar-refractivity contribution in [2.75, 3.05) is 49.9 Å². The van der Waals surface area contributed by atoms with E-state index in [2.05, 4.69) is 21.7 Å². The molecule has 20 nitrogen and oxygen atoms in total. The van der Waals surface area contributed by atoms with Crippen LogP contribution in [0.5, 0.6) is 11.5 Å². The van der Waals surface area contributed by atoms with Gasteiger partial charge >= 0.3 is 111 Å². The summed E-state index contributed by atoms with van der Waals surface area (Å²) in [5, 5.41) is 35.9. The number of aromatic nitrogens is 2. The van der Waals surface area contributed by atoms with Gasteiger partial charge in [-0.3, -0.25) is 4.57 Å². The number of benzene rings is 6. The molecule has 22 heteroatoms. The van der Waals surface area contributed by atoms with Crippen LogP contribution in [0.1, 0.15) is 90.2 Å². The number of carbonyl (C=O) groups is 6. The predicted molar refractivity (Wildman–Crippen MR) is 342 cm³/mol. The number of rotatable bonds is 15. The second kappa shape index (κ2) is 35.8. The minimum absolute atomic E-state index is 0. The van der Waals surface area contributed by atoms with Crippen LogP contribution in [0.25, 0.3) is 0 Å². The van der Waals surface area contributed by atoms with Gasteiger partial charge in [-0.25, -0.2) is 29.0 Å². The van der Waals surface area contributed by atoms with E-state index in [0.29, 0.717) is 65.3 Å². The fourth-order valence-electron chi connectivity index (χ4n) is 11.9. The van der Waals surface area contributed by atoms with Crippen LogP contribution < -0.4 is 106 Å². The zero-order valence-corrected chi connectivity index (χ0v) is 57.8. The zero-order valence-electron chi connectivity index (χ0n) is 53.7. The molecule has 0 saturated carbocycles. The number of amides is 6. The molecule has 0 bridgehead atoms. The Morgan fingerprint density at radius 3 is 1.43 bits per heavy atom. The summed E-state index contributed by atoms with van der Waals surface area (Å²) in [5.74, 6) is -1.11. The summed E-state index contributed by atoms with van der Waals surface area (Å²) in [6.07, 6.45) is 5.80. The van der Waals surface area contributed by atoms with Crippen molar-refractivity contribution < 1.29 is 141 Å². The number of ether oxygens (including phenoxy) is 3. The first-order chi connectivity index (χ1) is 43.0. The number of fused-ring (bicyclic) bond motifs is 2. The van der Waals surface area contributed by atoms with Crippen molar-refractivity contribution in [3.63, 3.8) is 0 Å². The maximum Gasteiger partial charge on any atom is 1.00 e. The maximum atomic E-state index is 13.0. The summed E-state index contributed by atoms with van der Waals surface area (Å²) in [4.78, 5) is 84.6. The predicted octanol–water partition coefficient (Wildman–Crippen LogP) is 4.27. The van der Waals surface area contributed by atoms with E-state index in [1.165, 1.54) is 21.4 Å². The first-order valence-corrected chi connectivity index (χ1v) is 30.2. The van der Waals surface area contributed by atoms with E-state index < -0.39 is 30.2 Å². The molecule has 4 aliphatic heterocycles. The third kappa shape index (κ3) is 20.2. The average Bonchev–Trinajstić information content (AvgIpc) is 1.86. The van der Waals surface area contributed by atoms with E-state index in [4.69, 9.17) is 14.2 Å². The van der Waals surface area contributed by atoms with Crippen molar-refractivity contribution in [3.05, 3.63) is 208 Å². The maximum absolute atomic E-state index is 13.0. The Kier molecular flexibility index (Phi) is 28.8. The van der Waals surface area contributed by atoms with Gasteiger partial charge in [0.25, 0.3) is 0 Å². The minimum atomic E-state index is -1.49. The van der Waals surface area contributed by atoms with Gasteiger partial charge in [0.15, 0.2) is 0 Å². The molecule has 2 saturated heterocycles. The van der Waals surface area contributed by atoms with Gasteiger partial charge in [0.1, 0.15) is 31.0 Å². The van der Waals surface area contributed by atoms with Crippen LogP contribution in [0.4, 0.5) is 30.6 Å². The minimum Gasteiger partial charge on any atom is -1.00 e. The number of hydrogen-bond acceptors (Lipinski definition) is 12. The Morgan fingerprint density at radius 1 is 0.609 bits per heavy atom. The van der Waals surface area contributed by atoms with Crippen molar-refractivity contribution in [2.45, 2.75) is 124 Å². The van der Waals surface area contributed by atoms with Gasteiger partial charge in [-0.05, 0) is 134 Å². The molecule has 2 atom stereocenters. The number of urea groups is 2. The number of aliphatic hydroxyl groups is 1. The fraction of sp³-hybridized carbons (Fsp3) is 0.357. The molecule has 4 N–H and O–H groups in total. The van der Waals surface area contributed by atoms with E-state index in [0.717, 1.165) is 98.6 Å². The van der Waals surface area contributed by atoms with Crippen molar-refractivity contribution in [3.8, 4) is 11.5 Å². The second-order valence-electron chi connectivity index (χ2n) is 22.9. The van der Waals surface area contributed by atoms with Crippen LogP contribution in [0, 0.1) is 27.7 Å². The van der Waals surface area contributed by atoms with Crippen LogP contribution in [0.2, 0.25) is 0 Å². The number of nitrogens with zero attached hydrogens (tertiary/aromatic N) is 6. The van der Waals surface area contributed by atoms with Gasteiger partial charge in [-0.15, -0.1) is 0 Å². The molecule has 92 heavy (non-hydrogen) atoms. The van der Waals surface area contributed by atoms with Crippen LogP contribution in [-0.4, -0.2) is 139 Å². The molecule has 1 aromatic heterocycles. The third-order valence-electron chi connectivity index (χ3n) is 16.5. The molecule has 0 aliphatic carbocycles. The molecule has 6 amide bonds. The fourth-order valence-corrected chi connectivity index (χ4v) is 11.9. The number of anilines is 2. The number of aliphatic hydroxyl groups excluding tert-OH is 1. The molecular formula is C70H82KN8NaO12. The van der Waals surface area contributed by atoms with Gasteiger partial charge in [0, 0.05) is 88.0 Å². The SMILES string of the molecule is C.Cc1cc(C[C@@H](O)C(=O)[O-])cc(C)c1OCc1ccccc1.Cc1cc(C[C@@H](OC(=O)N2CCC(N3CCc4ccccc4NC3=O)CC2)C(=O)O)cc(C)c1OCc1ccccc1.O=C1Nc2ccccc2CCN1C1CCN(C(=O)n2ccnc2)CC1.[H-].[K+].[Na+]. The molecule has 5 heterocycles. The van der Waals surface area contributed by atoms with E-state index in [9.17, 15) is 44.1 Å². The number of nitrogens with one attached hydrogen (secondary N) is 2. The number of para-hydroxylation sites is 2. The monoisotopic (exact) mass is 1290 g/mol. The van der Waals surface area contributed by atoms with Crippen LogP contribution in [0.3, 0.4) is 0 Å². The second-order valence-corrected chi connectivity index (χ2v) is 22.9. The summed E-state index contributed by atoms with van der Waals surface area (Å²) < 4.78 is 18.9. The number of carboxylic acids is 2. The van der Waals surface area contributed by atoms with Crippen molar-refractivity contribution in [1.29, 1.82) is 0 Å². The number of imidazole rings is 1. The Hall–Kier alpha value is -7.05. The number of carboxylic acid groups (broad SMARTS) is 2. The van der Waals surface area contributed by atoms with Gasteiger partial charge in [-0.1, -0.05) is 129 Å². The summed E-state index contributed by atoms with van der Waals surface area (Å²) in [6, 6.07) is 42.9. The molecular weight excluding hydrogens is 1210 g/mol. The first kappa shape index (κ1) is 74.0. The molecule has 7 aromatic rings. The Balaban J connectivity index is 0.000000265. The Labute approximate surface area is 604 Å². The summed E-state index contributed by atoms with van der Waals surface area (Å²) >= 11 is 0. The van der Waals surface area contributed by atoms with Gasteiger partial charge < -0.3 is 66.0 Å². The number of carbonyl (C=O) groups excluding carboxylic acids is 5. The van der Waals surface area contributed by atoms with Crippen molar-refractivity contribution >= 4 is 47.5 Å². The van der Waals surface area contributed by atoms with Crippen molar-refractivity contribution in [1.82, 2.24) is 29.2 Å². The molecule has 0 spiro atoms.